The number of benzene rings is 1. The van der Waals surface area contributed by atoms with Crippen LogP contribution in [0.2, 0.25) is 0 Å². The van der Waals surface area contributed by atoms with Crippen molar-refractivity contribution >= 4 is 17.5 Å². The molecule has 0 unspecified atom stereocenters. The normalized spacial score (nSPS) is 18.8. The summed E-state index contributed by atoms with van der Waals surface area (Å²) in [6.07, 6.45) is -5.03. The van der Waals surface area contributed by atoms with Crippen molar-refractivity contribution in [1.82, 2.24) is 20.2 Å². The van der Waals surface area contributed by atoms with E-state index in [-0.39, 0.29) is 24.1 Å². The van der Waals surface area contributed by atoms with Crippen LogP contribution >= 0.6 is 0 Å². The smallest absolute Gasteiger partial charge is 0.356 e. The second-order valence-electron chi connectivity index (χ2n) is 11.0. The number of hydrogen-bond acceptors (Lipinski definition) is 6. The Morgan fingerprint density at radius 3 is 2.22 bits per heavy atom. The largest absolute Gasteiger partial charge is 0.451 e. The Kier molecular flexibility index (Phi) is 9.66. The fourth-order valence-electron chi connectivity index (χ4n) is 5.37. The molecule has 0 radical (unpaired) electrons. The highest BCUT2D eigenvalue weighted by molar-refractivity contribution is 5.85. The number of alkyl halides is 6. The molecule has 0 bridgehead atoms. The minimum atomic E-state index is -4.74. The number of amides is 1. The first kappa shape index (κ1) is 30.9. The molecule has 0 aliphatic carbocycles. The van der Waals surface area contributed by atoms with Gasteiger partial charge in [0.25, 0.3) is 0 Å². The Morgan fingerprint density at radius 1 is 0.951 bits per heavy atom. The molecule has 0 saturated carbocycles. The van der Waals surface area contributed by atoms with E-state index in [9.17, 15) is 31.1 Å². The standard InChI is InChI=1S/C28H36F6N6O/c1-38(2)15-10-20-11-16-39(17-12-20)23-18-24(37-26(36-23)28(32,33)34)40-14-3-4-22(40)25(41)35-13-9-19-5-7-21(8-6-19)27(29,30)31/h5-8,18,20,22H,3-4,9-17H2,1-2H3,(H,35,41)/t22-/m0/s1. The molecular formula is C28H36F6N6O. The van der Waals surface area contributed by atoms with Crippen LogP contribution in [0.4, 0.5) is 38.0 Å². The molecule has 41 heavy (non-hydrogen) atoms. The predicted molar refractivity (Wildman–Crippen MR) is 144 cm³/mol. The van der Waals surface area contributed by atoms with E-state index in [0.29, 0.717) is 50.4 Å². The van der Waals surface area contributed by atoms with Crippen molar-refractivity contribution in [3.63, 3.8) is 0 Å². The molecule has 4 rings (SSSR count). The molecule has 2 fully saturated rings. The lowest BCUT2D eigenvalue weighted by Crippen LogP contribution is -2.44. The topological polar surface area (TPSA) is 64.6 Å². The Hall–Kier alpha value is -3.09. The summed E-state index contributed by atoms with van der Waals surface area (Å²) in [5.74, 6) is -0.802. The maximum absolute atomic E-state index is 13.8. The maximum Gasteiger partial charge on any atom is 0.451 e. The zero-order chi connectivity index (χ0) is 29.8. The fraction of sp³-hybridized carbons (Fsp3) is 0.607. The highest BCUT2D eigenvalue weighted by Gasteiger charge is 2.39. The van der Waals surface area contributed by atoms with Crippen molar-refractivity contribution in [1.29, 1.82) is 0 Å². The van der Waals surface area contributed by atoms with Crippen molar-refractivity contribution in [2.75, 3.05) is 56.6 Å². The van der Waals surface area contributed by atoms with Crippen molar-refractivity contribution < 1.29 is 31.1 Å². The zero-order valence-electron chi connectivity index (χ0n) is 23.2. The number of halogens is 6. The Balaban J connectivity index is 1.42. The molecule has 226 valence electrons. The molecular weight excluding hydrogens is 550 g/mol. The van der Waals surface area contributed by atoms with Gasteiger partial charge in [-0.3, -0.25) is 4.79 Å². The predicted octanol–water partition coefficient (Wildman–Crippen LogP) is 5.01. The molecule has 1 N–H and O–H groups in total. The number of carbonyl (C=O) groups excluding carboxylic acids is 1. The lowest BCUT2D eigenvalue weighted by atomic mass is 9.93. The number of nitrogens with zero attached hydrogens (tertiary/aromatic N) is 5. The van der Waals surface area contributed by atoms with E-state index in [4.69, 9.17) is 0 Å². The SMILES string of the molecule is CN(C)CCC1CCN(c2cc(N3CCC[C@H]3C(=O)NCCc3ccc(C(F)(F)F)cc3)nc(C(F)(F)F)n2)CC1. The number of anilines is 2. The summed E-state index contributed by atoms with van der Waals surface area (Å²) in [5, 5.41) is 2.78. The maximum atomic E-state index is 13.8. The lowest BCUT2D eigenvalue weighted by Gasteiger charge is -2.34. The molecule has 1 aromatic carbocycles. The number of aromatic nitrogens is 2. The molecule has 1 atom stereocenters. The van der Waals surface area contributed by atoms with E-state index in [1.54, 1.807) is 11.0 Å². The average molecular weight is 587 g/mol. The van der Waals surface area contributed by atoms with Crippen molar-refractivity contribution in [3.05, 3.63) is 47.3 Å². The first-order chi connectivity index (χ1) is 19.3. The van der Waals surface area contributed by atoms with Gasteiger partial charge < -0.3 is 20.0 Å². The third-order valence-corrected chi connectivity index (χ3v) is 7.72. The van der Waals surface area contributed by atoms with E-state index < -0.39 is 29.8 Å². The number of nitrogens with one attached hydrogen (secondary N) is 1. The number of piperidine rings is 1. The Morgan fingerprint density at radius 2 is 1.61 bits per heavy atom. The van der Waals surface area contributed by atoms with Crippen molar-refractivity contribution in [2.45, 2.75) is 56.9 Å². The van der Waals surface area contributed by atoms with E-state index in [1.165, 1.54) is 12.1 Å². The van der Waals surface area contributed by atoms with Gasteiger partial charge in [-0.05, 0) is 82.8 Å². The highest BCUT2D eigenvalue weighted by Crippen LogP contribution is 2.34. The van der Waals surface area contributed by atoms with Gasteiger partial charge in [-0.25, -0.2) is 9.97 Å². The van der Waals surface area contributed by atoms with Crippen LogP contribution in [0.5, 0.6) is 0 Å². The van der Waals surface area contributed by atoms with Crippen molar-refractivity contribution in [3.8, 4) is 0 Å². The van der Waals surface area contributed by atoms with Gasteiger partial charge in [-0.1, -0.05) is 12.1 Å². The Labute approximate surface area is 235 Å². The van der Waals surface area contributed by atoms with Gasteiger partial charge in [0.05, 0.1) is 5.56 Å². The number of carbonyl (C=O) groups is 1. The summed E-state index contributed by atoms with van der Waals surface area (Å²) in [6.45, 7) is 2.71. The summed E-state index contributed by atoms with van der Waals surface area (Å²) in [4.78, 5) is 26.3. The van der Waals surface area contributed by atoms with Crippen LogP contribution in [0, 0.1) is 5.92 Å². The van der Waals surface area contributed by atoms with Crippen LogP contribution in [0.3, 0.4) is 0 Å². The van der Waals surface area contributed by atoms with Gasteiger partial charge in [0.15, 0.2) is 0 Å². The van der Waals surface area contributed by atoms with E-state index in [2.05, 4.69) is 20.2 Å². The van der Waals surface area contributed by atoms with Crippen LogP contribution < -0.4 is 15.1 Å². The van der Waals surface area contributed by atoms with Gasteiger partial charge in [0, 0.05) is 32.2 Å². The minimum Gasteiger partial charge on any atom is -0.356 e. The van der Waals surface area contributed by atoms with Crippen LogP contribution in [0.25, 0.3) is 0 Å². The number of rotatable bonds is 9. The second-order valence-corrected chi connectivity index (χ2v) is 11.0. The molecule has 7 nitrogen and oxygen atoms in total. The molecule has 2 aromatic rings. The van der Waals surface area contributed by atoms with E-state index in [0.717, 1.165) is 37.9 Å². The van der Waals surface area contributed by atoms with Gasteiger partial charge in [0.2, 0.25) is 11.7 Å². The van der Waals surface area contributed by atoms with Gasteiger partial charge >= 0.3 is 12.4 Å². The molecule has 0 spiro atoms. The minimum absolute atomic E-state index is 0.0671. The molecule has 1 aromatic heterocycles. The van der Waals surface area contributed by atoms with E-state index >= 15 is 0 Å². The summed E-state index contributed by atoms with van der Waals surface area (Å²) in [6, 6.07) is 5.55. The third-order valence-electron chi connectivity index (χ3n) is 7.72. The highest BCUT2D eigenvalue weighted by atomic mass is 19.4. The van der Waals surface area contributed by atoms with Crippen LogP contribution in [-0.2, 0) is 23.6 Å². The molecule has 2 aliphatic rings. The van der Waals surface area contributed by atoms with E-state index in [1.807, 2.05) is 19.0 Å². The molecule has 2 aliphatic heterocycles. The summed E-state index contributed by atoms with van der Waals surface area (Å²) < 4.78 is 79.8. The lowest BCUT2D eigenvalue weighted by molar-refractivity contribution is -0.144. The third kappa shape index (κ3) is 8.23. The Bertz CT molecular complexity index is 1160. The van der Waals surface area contributed by atoms with Crippen LogP contribution in [0.15, 0.2) is 30.3 Å². The van der Waals surface area contributed by atoms with Crippen molar-refractivity contribution in [2.24, 2.45) is 5.92 Å². The van der Waals surface area contributed by atoms with Crippen LogP contribution in [-0.4, -0.2) is 73.6 Å². The first-order valence-corrected chi connectivity index (χ1v) is 13.9. The average Bonchev–Trinajstić information content (AvgIpc) is 3.42. The van der Waals surface area contributed by atoms with Gasteiger partial charge in [-0.2, -0.15) is 26.3 Å². The van der Waals surface area contributed by atoms with Crippen LogP contribution in [0.1, 0.15) is 49.1 Å². The zero-order valence-corrected chi connectivity index (χ0v) is 23.2. The fourth-order valence-corrected chi connectivity index (χ4v) is 5.37. The summed E-state index contributed by atoms with van der Waals surface area (Å²) in [5.41, 5.74) is -0.120. The quantitative estimate of drug-likeness (QED) is 0.417. The summed E-state index contributed by atoms with van der Waals surface area (Å²) in [7, 11) is 4.03. The first-order valence-electron chi connectivity index (χ1n) is 13.9. The second kappa shape index (κ2) is 12.8. The number of hydrogen-bond donors (Lipinski definition) is 1. The van der Waals surface area contributed by atoms with Gasteiger partial charge in [0.1, 0.15) is 17.7 Å². The molecule has 2 saturated heterocycles. The molecule has 1 amide bonds. The summed E-state index contributed by atoms with van der Waals surface area (Å²) >= 11 is 0. The monoisotopic (exact) mass is 586 g/mol. The molecule has 13 heteroatoms. The van der Waals surface area contributed by atoms with Gasteiger partial charge in [-0.15, -0.1) is 0 Å². The molecule has 3 heterocycles.